The summed E-state index contributed by atoms with van der Waals surface area (Å²) in [6, 6.07) is 6.72. The smallest absolute Gasteiger partial charge is 0.233 e. The molecule has 0 heterocycles. The molecule has 4 heteroatoms. The monoisotopic (exact) mass is 290 g/mol. The third kappa shape index (κ3) is 3.62. The van der Waals surface area contributed by atoms with E-state index < -0.39 is 0 Å². The number of nitrogens with one attached hydrogen (secondary N) is 2. The first-order chi connectivity index (χ1) is 10.2. The maximum absolute atomic E-state index is 13.0. The Hall–Kier alpha value is -1.42. The van der Waals surface area contributed by atoms with Crippen molar-refractivity contribution in [2.75, 3.05) is 19.6 Å². The summed E-state index contributed by atoms with van der Waals surface area (Å²) in [6.45, 7) is 2.01. The maximum atomic E-state index is 13.0. The summed E-state index contributed by atoms with van der Waals surface area (Å²) in [5, 5.41) is 6.24. The molecule has 0 spiro atoms. The van der Waals surface area contributed by atoms with Gasteiger partial charge in [0.15, 0.2) is 0 Å². The van der Waals surface area contributed by atoms with Gasteiger partial charge in [-0.05, 0) is 55.8 Å². The highest BCUT2D eigenvalue weighted by molar-refractivity contribution is 5.78. The lowest BCUT2D eigenvalue weighted by molar-refractivity contribution is -0.120. The summed E-state index contributed by atoms with van der Waals surface area (Å²) in [4.78, 5) is 11.9. The summed E-state index contributed by atoms with van der Waals surface area (Å²) in [5.41, 5.74) is 1.15. The van der Waals surface area contributed by atoms with E-state index in [0.29, 0.717) is 13.1 Å². The van der Waals surface area contributed by atoms with Gasteiger partial charge >= 0.3 is 0 Å². The van der Waals surface area contributed by atoms with Crippen LogP contribution in [0.2, 0.25) is 0 Å². The lowest BCUT2D eigenvalue weighted by Gasteiger charge is -2.42. The van der Waals surface area contributed by atoms with Crippen LogP contribution in [-0.4, -0.2) is 25.5 Å². The van der Waals surface area contributed by atoms with Gasteiger partial charge in [0.25, 0.3) is 0 Å². The van der Waals surface area contributed by atoms with Crippen LogP contribution in [0.15, 0.2) is 24.3 Å². The highest BCUT2D eigenvalue weighted by Crippen LogP contribution is 2.43. The first-order valence-corrected chi connectivity index (χ1v) is 7.91. The van der Waals surface area contributed by atoms with Gasteiger partial charge in [-0.2, -0.15) is 0 Å². The summed E-state index contributed by atoms with van der Waals surface area (Å²) >= 11 is 0. The number of hydrogen-bond acceptors (Lipinski definition) is 2. The SMILES string of the molecule is O=C(CNCC1CC1)NCC1(c2ccc(F)cc2)CCC1. The molecule has 0 radical (unpaired) electrons. The van der Waals surface area contributed by atoms with Crippen molar-refractivity contribution in [1.29, 1.82) is 0 Å². The molecule has 0 bridgehead atoms. The molecule has 2 fully saturated rings. The maximum Gasteiger partial charge on any atom is 0.233 e. The lowest BCUT2D eigenvalue weighted by atomic mass is 9.64. The molecule has 3 rings (SSSR count). The van der Waals surface area contributed by atoms with E-state index in [1.807, 2.05) is 12.1 Å². The molecule has 3 nitrogen and oxygen atoms in total. The predicted octanol–water partition coefficient (Wildman–Crippen LogP) is 2.36. The number of carbonyl (C=O) groups excluding carboxylic acids is 1. The van der Waals surface area contributed by atoms with Crippen molar-refractivity contribution in [3.05, 3.63) is 35.6 Å². The van der Waals surface area contributed by atoms with E-state index in [4.69, 9.17) is 0 Å². The van der Waals surface area contributed by atoms with Gasteiger partial charge in [0, 0.05) is 12.0 Å². The Morgan fingerprint density at radius 3 is 2.52 bits per heavy atom. The van der Waals surface area contributed by atoms with Crippen LogP contribution in [0, 0.1) is 11.7 Å². The van der Waals surface area contributed by atoms with E-state index in [1.165, 1.54) is 31.4 Å². The average molecular weight is 290 g/mol. The summed E-state index contributed by atoms with van der Waals surface area (Å²) in [7, 11) is 0. The average Bonchev–Trinajstić information content (AvgIpc) is 3.23. The van der Waals surface area contributed by atoms with Crippen LogP contribution in [-0.2, 0) is 10.2 Å². The molecule has 0 unspecified atom stereocenters. The molecule has 1 amide bonds. The number of carbonyl (C=O) groups is 1. The fraction of sp³-hybridized carbons (Fsp3) is 0.588. The van der Waals surface area contributed by atoms with Crippen molar-refractivity contribution in [2.45, 2.75) is 37.5 Å². The van der Waals surface area contributed by atoms with Gasteiger partial charge < -0.3 is 10.6 Å². The molecular weight excluding hydrogens is 267 g/mol. The quantitative estimate of drug-likeness (QED) is 0.809. The minimum absolute atomic E-state index is 0.0137. The number of hydrogen-bond donors (Lipinski definition) is 2. The van der Waals surface area contributed by atoms with Gasteiger partial charge in [-0.15, -0.1) is 0 Å². The number of amides is 1. The second-order valence-electron chi connectivity index (χ2n) is 6.49. The van der Waals surface area contributed by atoms with Crippen molar-refractivity contribution in [2.24, 2.45) is 5.92 Å². The van der Waals surface area contributed by atoms with Crippen LogP contribution >= 0.6 is 0 Å². The Morgan fingerprint density at radius 1 is 1.24 bits per heavy atom. The predicted molar refractivity (Wildman–Crippen MR) is 80.5 cm³/mol. The highest BCUT2D eigenvalue weighted by atomic mass is 19.1. The van der Waals surface area contributed by atoms with Gasteiger partial charge in [0.1, 0.15) is 5.82 Å². The minimum atomic E-state index is -0.207. The third-order valence-corrected chi connectivity index (χ3v) is 4.81. The molecule has 0 aliphatic heterocycles. The van der Waals surface area contributed by atoms with Crippen LogP contribution in [0.1, 0.15) is 37.7 Å². The van der Waals surface area contributed by atoms with Gasteiger partial charge in [-0.1, -0.05) is 18.6 Å². The molecule has 0 atom stereocenters. The summed E-state index contributed by atoms with van der Waals surface area (Å²) in [5.74, 6) is 0.639. The van der Waals surface area contributed by atoms with Crippen LogP contribution in [0.4, 0.5) is 4.39 Å². The number of halogens is 1. The van der Waals surface area contributed by atoms with Crippen molar-refractivity contribution >= 4 is 5.91 Å². The van der Waals surface area contributed by atoms with E-state index in [-0.39, 0.29) is 17.1 Å². The zero-order valence-electron chi connectivity index (χ0n) is 12.3. The minimum Gasteiger partial charge on any atom is -0.354 e. The van der Waals surface area contributed by atoms with Crippen LogP contribution in [0.3, 0.4) is 0 Å². The van der Waals surface area contributed by atoms with Crippen LogP contribution in [0.25, 0.3) is 0 Å². The Balaban J connectivity index is 1.49. The third-order valence-electron chi connectivity index (χ3n) is 4.81. The van der Waals surface area contributed by atoms with Gasteiger partial charge in [0.05, 0.1) is 6.54 Å². The van der Waals surface area contributed by atoms with Crippen molar-refractivity contribution in [3.8, 4) is 0 Å². The molecule has 1 aromatic carbocycles. The molecule has 2 saturated carbocycles. The molecule has 2 N–H and O–H groups in total. The topological polar surface area (TPSA) is 41.1 Å². The van der Waals surface area contributed by atoms with E-state index in [9.17, 15) is 9.18 Å². The van der Waals surface area contributed by atoms with Crippen molar-refractivity contribution in [1.82, 2.24) is 10.6 Å². The van der Waals surface area contributed by atoms with E-state index in [1.54, 1.807) is 0 Å². The standard InChI is InChI=1S/C17H23FN2O/c18-15-6-4-14(5-7-15)17(8-1-9-17)12-20-16(21)11-19-10-13-2-3-13/h4-7,13,19H,1-3,8-12H2,(H,20,21). The fourth-order valence-corrected chi connectivity index (χ4v) is 3.02. The number of rotatable bonds is 7. The molecule has 1 aromatic rings. The Labute approximate surface area is 125 Å². The molecule has 21 heavy (non-hydrogen) atoms. The Kier molecular flexibility index (Phi) is 4.24. The van der Waals surface area contributed by atoms with Gasteiger partial charge in [-0.3, -0.25) is 4.79 Å². The Morgan fingerprint density at radius 2 is 1.95 bits per heavy atom. The van der Waals surface area contributed by atoms with E-state index in [0.717, 1.165) is 30.9 Å². The van der Waals surface area contributed by atoms with Crippen LogP contribution in [0.5, 0.6) is 0 Å². The molecule has 114 valence electrons. The lowest BCUT2D eigenvalue weighted by Crippen LogP contribution is -2.47. The van der Waals surface area contributed by atoms with Crippen molar-refractivity contribution < 1.29 is 9.18 Å². The number of benzene rings is 1. The highest BCUT2D eigenvalue weighted by Gasteiger charge is 2.38. The zero-order chi connectivity index (χ0) is 14.7. The van der Waals surface area contributed by atoms with Gasteiger partial charge in [0.2, 0.25) is 5.91 Å². The second-order valence-corrected chi connectivity index (χ2v) is 6.49. The Bertz CT molecular complexity index is 492. The molecular formula is C17H23FN2O. The largest absolute Gasteiger partial charge is 0.354 e. The van der Waals surface area contributed by atoms with E-state index in [2.05, 4.69) is 10.6 Å². The first kappa shape index (κ1) is 14.5. The molecule has 2 aliphatic rings. The fourth-order valence-electron chi connectivity index (χ4n) is 3.02. The van der Waals surface area contributed by atoms with Gasteiger partial charge in [-0.25, -0.2) is 4.39 Å². The summed E-state index contributed by atoms with van der Waals surface area (Å²) < 4.78 is 13.0. The molecule has 2 aliphatic carbocycles. The zero-order valence-corrected chi connectivity index (χ0v) is 12.3. The second kappa shape index (κ2) is 6.14. The van der Waals surface area contributed by atoms with Crippen molar-refractivity contribution in [3.63, 3.8) is 0 Å². The van der Waals surface area contributed by atoms with Crippen LogP contribution < -0.4 is 10.6 Å². The van der Waals surface area contributed by atoms with E-state index >= 15 is 0 Å². The summed E-state index contributed by atoms with van der Waals surface area (Å²) in [6.07, 6.45) is 5.89. The molecule has 0 aromatic heterocycles. The normalized spacial score (nSPS) is 19.9. The first-order valence-electron chi connectivity index (χ1n) is 7.91. The molecule has 0 saturated heterocycles.